The summed E-state index contributed by atoms with van der Waals surface area (Å²) in [7, 11) is 0. The fourth-order valence-corrected chi connectivity index (χ4v) is 3.03. The molecule has 10 heteroatoms. The van der Waals surface area contributed by atoms with Gasteiger partial charge in [-0.05, 0) is 40.3 Å². The monoisotopic (exact) mass is 378 g/mol. The highest BCUT2D eigenvalue weighted by molar-refractivity contribution is 5.81. The second-order valence-electron chi connectivity index (χ2n) is 6.14. The van der Waals surface area contributed by atoms with Gasteiger partial charge in [-0.25, -0.2) is 13.8 Å². The lowest BCUT2D eigenvalue weighted by Crippen LogP contribution is -2.06. The summed E-state index contributed by atoms with van der Waals surface area (Å²) in [5.74, 6) is 0.0546. The van der Waals surface area contributed by atoms with E-state index in [1.807, 2.05) is 24.3 Å². The Kier molecular flexibility index (Phi) is 3.68. The number of rotatable bonds is 3. The van der Waals surface area contributed by atoms with E-state index >= 15 is 0 Å². The van der Waals surface area contributed by atoms with Crippen LogP contribution >= 0.6 is 0 Å². The van der Waals surface area contributed by atoms with Gasteiger partial charge in [-0.15, -0.1) is 5.10 Å². The van der Waals surface area contributed by atoms with Gasteiger partial charge >= 0.3 is 0 Å². The summed E-state index contributed by atoms with van der Waals surface area (Å²) in [6, 6.07) is 10.9. The fraction of sp³-hybridized carbons (Fsp3) is 0.0556. The first-order valence-electron chi connectivity index (χ1n) is 8.38. The Hall–Kier alpha value is -3.95. The minimum absolute atomic E-state index is 0.168. The van der Waals surface area contributed by atoms with E-state index in [0.717, 1.165) is 17.4 Å². The maximum absolute atomic E-state index is 13.3. The number of benzene rings is 2. The first-order valence-corrected chi connectivity index (χ1v) is 8.38. The average Bonchev–Trinajstić information content (AvgIpc) is 3.11. The van der Waals surface area contributed by atoms with Crippen molar-refractivity contribution in [1.82, 2.24) is 30.2 Å². The van der Waals surface area contributed by atoms with Gasteiger partial charge in [0.2, 0.25) is 5.95 Å². The second-order valence-corrected chi connectivity index (χ2v) is 6.14. The van der Waals surface area contributed by atoms with Gasteiger partial charge in [0, 0.05) is 18.8 Å². The molecule has 8 nitrogen and oxygen atoms in total. The zero-order valence-corrected chi connectivity index (χ0v) is 14.3. The van der Waals surface area contributed by atoms with Crippen LogP contribution in [0.1, 0.15) is 5.56 Å². The predicted molar refractivity (Wildman–Crippen MR) is 97.1 cm³/mol. The van der Waals surface area contributed by atoms with Gasteiger partial charge in [0.05, 0.1) is 16.9 Å². The highest BCUT2D eigenvalue weighted by Crippen LogP contribution is 2.35. The van der Waals surface area contributed by atoms with Crippen molar-refractivity contribution in [3.63, 3.8) is 0 Å². The Balaban J connectivity index is 1.49. The number of para-hydroxylation sites is 2. The molecule has 1 aliphatic rings. The third-order valence-corrected chi connectivity index (χ3v) is 4.26. The minimum Gasteiger partial charge on any atom is -0.350 e. The lowest BCUT2D eigenvalue weighted by atomic mass is 10.2. The van der Waals surface area contributed by atoms with E-state index in [0.29, 0.717) is 28.7 Å². The molecule has 0 saturated heterocycles. The van der Waals surface area contributed by atoms with Crippen LogP contribution in [-0.4, -0.2) is 30.2 Å². The largest absolute Gasteiger partial charge is 0.350 e. The average molecular weight is 378 g/mol. The van der Waals surface area contributed by atoms with Gasteiger partial charge in [0.1, 0.15) is 17.5 Å². The summed E-state index contributed by atoms with van der Waals surface area (Å²) in [5.41, 5.74) is 2.64. The van der Waals surface area contributed by atoms with Crippen molar-refractivity contribution in [2.24, 2.45) is 0 Å². The zero-order chi connectivity index (χ0) is 19.1. The molecule has 0 aliphatic carbocycles. The molecule has 2 N–H and O–H groups in total. The Bertz CT molecular complexity index is 1170. The van der Waals surface area contributed by atoms with Gasteiger partial charge in [-0.2, -0.15) is 9.67 Å². The second kappa shape index (κ2) is 6.34. The zero-order valence-electron chi connectivity index (χ0n) is 14.3. The molecule has 28 heavy (non-hydrogen) atoms. The van der Waals surface area contributed by atoms with Crippen LogP contribution in [0.2, 0.25) is 0 Å². The number of aromatic nitrogens is 6. The summed E-state index contributed by atoms with van der Waals surface area (Å²) in [5, 5.41) is 18.1. The Morgan fingerprint density at radius 3 is 2.75 bits per heavy atom. The molecule has 0 unspecified atom stereocenters. The van der Waals surface area contributed by atoms with Gasteiger partial charge in [0.25, 0.3) is 0 Å². The van der Waals surface area contributed by atoms with E-state index in [4.69, 9.17) is 0 Å². The molecule has 0 spiro atoms. The molecule has 0 amide bonds. The molecular weight excluding hydrogens is 366 g/mol. The maximum Gasteiger partial charge on any atom is 0.224 e. The summed E-state index contributed by atoms with van der Waals surface area (Å²) in [6.45, 7) is 0.168. The van der Waals surface area contributed by atoms with E-state index in [1.165, 1.54) is 12.1 Å². The molecular formula is C18H12F2N8. The van der Waals surface area contributed by atoms with Gasteiger partial charge in [0.15, 0.2) is 5.82 Å². The quantitative estimate of drug-likeness (QED) is 0.498. The Morgan fingerprint density at radius 2 is 1.89 bits per heavy atom. The van der Waals surface area contributed by atoms with Gasteiger partial charge in [-0.3, -0.25) is 0 Å². The highest BCUT2D eigenvalue weighted by Gasteiger charge is 2.23. The molecule has 2 aromatic carbocycles. The third-order valence-electron chi connectivity index (χ3n) is 4.26. The van der Waals surface area contributed by atoms with Crippen LogP contribution in [0.4, 0.5) is 26.2 Å². The third kappa shape index (κ3) is 2.80. The molecule has 5 rings (SSSR count). The van der Waals surface area contributed by atoms with Crippen molar-refractivity contribution < 1.29 is 8.78 Å². The molecule has 4 aromatic rings. The van der Waals surface area contributed by atoms with Crippen molar-refractivity contribution in [2.45, 2.75) is 6.54 Å². The van der Waals surface area contributed by atoms with Crippen molar-refractivity contribution in [3.8, 4) is 17.1 Å². The molecule has 2 aromatic heterocycles. The number of nitrogens with one attached hydrogen (secondary N) is 2. The predicted octanol–water partition coefficient (Wildman–Crippen LogP) is 3.07. The number of nitrogens with zero attached hydrogens (tertiary/aromatic N) is 6. The van der Waals surface area contributed by atoms with E-state index < -0.39 is 11.6 Å². The molecule has 0 bridgehead atoms. The standard InChI is InChI=1S/C18H12F2N8/c19-11-5-10(6-12(20)7-11)8-21-18-22-9-13-16(24-18)23-14-3-1-2-4-15(14)28-17(13)25-26-27-28/h1-7,9H,8H2,(H2,21,22,23,24). The summed E-state index contributed by atoms with van der Waals surface area (Å²) in [4.78, 5) is 8.76. The molecule has 1 aliphatic heterocycles. The van der Waals surface area contributed by atoms with Crippen LogP contribution in [0.25, 0.3) is 17.1 Å². The van der Waals surface area contributed by atoms with E-state index in [9.17, 15) is 8.78 Å². The maximum atomic E-state index is 13.3. The number of fused-ring (bicyclic) bond motifs is 5. The number of hydrogen-bond acceptors (Lipinski definition) is 7. The fourth-order valence-electron chi connectivity index (χ4n) is 3.03. The Morgan fingerprint density at radius 1 is 1.07 bits per heavy atom. The van der Waals surface area contributed by atoms with Crippen LogP contribution in [-0.2, 0) is 6.54 Å². The molecule has 0 fully saturated rings. The van der Waals surface area contributed by atoms with E-state index in [2.05, 4.69) is 36.1 Å². The van der Waals surface area contributed by atoms with Crippen LogP contribution < -0.4 is 10.6 Å². The van der Waals surface area contributed by atoms with Crippen molar-refractivity contribution in [2.75, 3.05) is 10.6 Å². The van der Waals surface area contributed by atoms with Crippen molar-refractivity contribution in [1.29, 1.82) is 0 Å². The number of hydrogen-bond donors (Lipinski definition) is 2. The van der Waals surface area contributed by atoms with Crippen molar-refractivity contribution in [3.05, 3.63) is 65.9 Å². The summed E-state index contributed by atoms with van der Waals surface area (Å²) >= 11 is 0. The first-order chi connectivity index (χ1) is 13.7. The molecule has 3 heterocycles. The lowest BCUT2D eigenvalue weighted by Gasteiger charge is -2.10. The van der Waals surface area contributed by atoms with Crippen LogP contribution in [0.3, 0.4) is 0 Å². The van der Waals surface area contributed by atoms with Crippen LogP contribution in [0.15, 0.2) is 48.7 Å². The van der Waals surface area contributed by atoms with Crippen LogP contribution in [0.5, 0.6) is 0 Å². The smallest absolute Gasteiger partial charge is 0.224 e. The first kappa shape index (κ1) is 16.2. The molecule has 0 atom stereocenters. The van der Waals surface area contributed by atoms with Crippen molar-refractivity contribution >= 4 is 17.5 Å². The summed E-state index contributed by atoms with van der Waals surface area (Å²) < 4.78 is 28.3. The molecule has 0 saturated carbocycles. The van der Waals surface area contributed by atoms with Gasteiger partial charge < -0.3 is 10.6 Å². The normalized spacial score (nSPS) is 11.6. The SMILES string of the molecule is Fc1cc(F)cc(CNc2ncc3c(n2)Nc2ccccc2-n2nnnc2-3)c1. The van der Waals surface area contributed by atoms with Crippen LogP contribution in [0, 0.1) is 11.6 Å². The lowest BCUT2D eigenvalue weighted by molar-refractivity contribution is 0.580. The topological polar surface area (TPSA) is 93.4 Å². The highest BCUT2D eigenvalue weighted by atomic mass is 19.1. The van der Waals surface area contributed by atoms with Gasteiger partial charge in [-0.1, -0.05) is 12.1 Å². The number of tetrazole rings is 1. The van der Waals surface area contributed by atoms with E-state index in [1.54, 1.807) is 10.9 Å². The molecule has 0 radical (unpaired) electrons. The molecule has 138 valence electrons. The van der Waals surface area contributed by atoms with E-state index in [-0.39, 0.29) is 6.54 Å². The number of halogens is 2. The summed E-state index contributed by atoms with van der Waals surface area (Å²) in [6.07, 6.45) is 1.60. The Labute approximate surface area is 157 Å². The minimum atomic E-state index is -0.634. The number of anilines is 3.